The highest BCUT2D eigenvalue weighted by molar-refractivity contribution is 5.74. The van der Waals surface area contributed by atoms with Crippen molar-refractivity contribution >= 4 is 18.0 Å². The highest BCUT2D eigenvalue weighted by Gasteiger charge is 2.36. The third-order valence-electron chi connectivity index (χ3n) is 3.91. The number of ether oxygens (including phenoxy) is 1. The van der Waals surface area contributed by atoms with Gasteiger partial charge in [-0.15, -0.1) is 0 Å². The molecule has 1 amide bonds. The van der Waals surface area contributed by atoms with E-state index in [9.17, 15) is 14.4 Å². The molecule has 1 fully saturated rings. The summed E-state index contributed by atoms with van der Waals surface area (Å²) in [5, 5.41) is 18.1. The van der Waals surface area contributed by atoms with Crippen LogP contribution in [-0.4, -0.2) is 45.7 Å². The lowest BCUT2D eigenvalue weighted by atomic mass is 9.89. The number of hydrogen-bond acceptors (Lipinski definition) is 4. The summed E-state index contributed by atoms with van der Waals surface area (Å²) in [7, 11) is 0. The molecule has 1 saturated heterocycles. The Morgan fingerprint density at radius 3 is 2.48 bits per heavy atom. The van der Waals surface area contributed by atoms with Crippen molar-refractivity contribution in [1.29, 1.82) is 0 Å². The van der Waals surface area contributed by atoms with Crippen molar-refractivity contribution in [3.8, 4) is 0 Å². The Bertz CT molecular complexity index is 573. The van der Waals surface area contributed by atoms with E-state index < -0.39 is 30.0 Å². The first-order valence-electron chi connectivity index (χ1n) is 7.39. The zero-order valence-corrected chi connectivity index (χ0v) is 12.6. The SMILES string of the molecule is O=C(O)CC1CC(C(=O)O)CCN1C(=O)OCc1ccccc1. The fraction of sp³-hybridized carbons (Fsp3) is 0.438. The van der Waals surface area contributed by atoms with E-state index in [2.05, 4.69) is 0 Å². The predicted octanol–water partition coefficient (Wildman–Crippen LogP) is 1.96. The van der Waals surface area contributed by atoms with Crippen LogP contribution in [0.25, 0.3) is 0 Å². The Labute approximate surface area is 133 Å². The zero-order chi connectivity index (χ0) is 16.8. The minimum absolute atomic E-state index is 0.0956. The maximum absolute atomic E-state index is 12.2. The summed E-state index contributed by atoms with van der Waals surface area (Å²) in [5.41, 5.74) is 0.830. The van der Waals surface area contributed by atoms with Gasteiger partial charge in [0.05, 0.1) is 12.3 Å². The largest absolute Gasteiger partial charge is 0.481 e. The van der Waals surface area contributed by atoms with Gasteiger partial charge in [-0.2, -0.15) is 0 Å². The minimum Gasteiger partial charge on any atom is -0.481 e. The molecule has 1 heterocycles. The van der Waals surface area contributed by atoms with Crippen LogP contribution in [0, 0.1) is 5.92 Å². The van der Waals surface area contributed by atoms with Crippen LogP contribution < -0.4 is 0 Å². The number of amides is 1. The number of likely N-dealkylation sites (tertiary alicyclic amines) is 1. The van der Waals surface area contributed by atoms with E-state index >= 15 is 0 Å². The number of carboxylic acid groups (broad SMARTS) is 2. The van der Waals surface area contributed by atoms with Gasteiger partial charge in [0.2, 0.25) is 0 Å². The topological polar surface area (TPSA) is 104 Å². The second-order valence-corrected chi connectivity index (χ2v) is 5.54. The first-order chi connectivity index (χ1) is 11.0. The second kappa shape index (κ2) is 7.62. The lowest BCUT2D eigenvalue weighted by Gasteiger charge is -2.36. The highest BCUT2D eigenvalue weighted by atomic mass is 16.6. The van der Waals surface area contributed by atoms with Crippen LogP contribution in [0.3, 0.4) is 0 Å². The summed E-state index contributed by atoms with van der Waals surface area (Å²) in [6, 6.07) is 8.48. The van der Waals surface area contributed by atoms with Crippen molar-refractivity contribution in [1.82, 2.24) is 4.90 Å². The number of aliphatic carboxylic acids is 2. The first-order valence-corrected chi connectivity index (χ1v) is 7.39. The molecule has 1 aromatic carbocycles. The average molecular weight is 321 g/mol. The molecule has 2 atom stereocenters. The number of carbonyl (C=O) groups is 3. The molecule has 0 radical (unpaired) electrons. The number of benzene rings is 1. The fourth-order valence-electron chi connectivity index (χ4n) is 2.71. The van der Waals surface area contributed by atoms with Crippen LogP contribution in [0.2, 0.25) is 0 Å². The molecule has 0 saturated carbocycles. The molecule has 0 spiro atoms. The Kier molecular flexibility index (Phi) is 5.56. The summed E-state index contributed by atoms with van der Waals surface area (Å²) < 4.78 is 5.22. The Morgan fingerprint density at radius 2 is 1.87 bits per heavy atom. The Morgan fingerprint density at radius 1 is 1.17 bits per heavy atom. The van der Waals surface area contributed by atoms with E-state index in [4.69, 9.17) is 14.9 Å². The maximum Gasteiger partial charge on any atom is 0.410 e. The summed E-state index contributed by atoms with van der Waals surface area (Å²) in [6.45, 7) is 0.279. The van der Waals surface area contributed by atoms with Crippen LogP contribution in [0.5, 0.6) is 0 Å². The highest BCUT2D eigenvalue weighted by Crippen LogP contribution is 2.26. The molecule has 1 aliphatic rings. The van der Waals surface area contributed by atoms with Crippen molar-refractivity contribution < 1.29 is 29.3 Å². The van der Waals surface area contributed by atoms with Gasteiger partial charge < -0.3 is 19.8 Å². The summed E-state index contributed by atoms with van der Waals surface area (Å²) in [4.78, 5) is 35.6. The van der Waals surface area contributed by atoms with Crippen molar-refractivity contribution in [2.75, 3.05) is 6.54 Å². The van der Waals surface area contributed by atoms with Crippen LogP contribution in [0.1, 0.15) is 24.8 Å². The molecule has 2 unspecified atom stereocenters. The van der Waals surface area contributed by atoms with E-state index in [-0.39, 0.29) is 26.0 Å². The van der Waals surface area contributed by atoms with Gasteiger partial charge in [0.25, 0.3) is 0 Å². The minimum atomic E-state index is -1.07. The zero-order valence-electron chi connectivity index (χ0n) is 12.6. The molecule has 7 heteroatoms. The quantitative estimate of drug-likeness (QED) is 0.859. The van der Waals surface area contributed by atoms with E-state index in [0.717, 1.165) is 5.56 Å². The second-order valence-electron chi connectivity index (χ2n) is 5.54. The number of hydrogen-bond donors (Lipinski definition) is 2. The van der Waals surface area contributed by atoms with E-state index in [1.165, 1.54) is 4.90 Å². The van der Waals surface area contributed by atoms with Crippen molar-refractivity contribution in [2.24, 2.45) is 5.92 Å². The van der Waals surface area contributed by atoms with Crippen molar-refractivity contribution in [2.45, 2.75) is 31.9 Å². The molecule has 1 aliphatic heterocycles. The molecular weight excluding hydrogens is 302 g/mol. The molecule has 1 aromatic rings. The number of carbonyl (C=O) groups excluding carboxylic acids is 1. The van der Waals surface area contributed by atoms with Gasteiger partial charge in [0, 0.05) is 12.6 Å². The molecular formula is C16H19NO6. The number of nitrogens with zero attached hydrogens (tertiary/aromatic N) is 1. The Balaban J connectivity index is 1.98. The molecule has 124 valence electrons. The summed E-state index contributed by atoms with van der Waals surface area (Å²) in [5.74, 6) is -2.66. The van der Waals surface area contributed by atoms with Gasteiger partial charge in [0.1, 0.15) is 6.61 Å². The van der Waals surface area contributed by atoms with Crippen LogP contribution >= 0.6 is 0 Å². The molecule has 2 N–H and O–H groups in total. The first kappa shape index (κ1) is 16.8. The van der Waals surface area contributed by atoms with Gasteiger partial charge in [-0.05, 0) is 18.4 Å². The third kappa shape index (κ3) is 4.70. The lowest BCUT2D eigenvalue weighted by Crippen LogP contribution is -2.48. The predicted molar refractivity (Wildman–Crippen MR) is 79.7 cm³/mol. The molecule has 0 aromatic heterocycles. The van der Waals surface area contributed by atoms with Crippen molar-refractivity contribution in [3.63, 3.8) is 0 Å². The van der Waals surface area contributed by atoms with Gasteiger partial charge in [-0.3, -0.25) is 9.59 Å². The number of carboxylic acids is 2. The molecule has 0 bridgehead atoms. The molecule has 23 heavy (non-hydrogen) atoms. The lowest BCUT2D eigenvalue weighted by molar-refractivity contribution is -0.146. The number of rotatable bonds is 5. The smallest absolute Gasteiger partial charge is 0.410 e. The average Bonchev–Trinajstić information content (AvgIpc) is 2.53. The van der Waals surface area contributed by atoms with Gasteiger partial charge in [-0.1, -0.05) is 30.3 Å². The third-order valence-corrected chi connectivity index (χ3v) is 3.91. The standard InChI is InChI=1S/C16H19NO6/c18-14(19)9-13-8-12(15(20)21)6-7-17(13)16(22)23-10-11-4-2-1-3-5-11/h1-5,12-13H,6-10H2,(H,18,19)(H,20,21). The van der Waals surface area contributed by atoms with Crippen LogP contribution in [-0.2, 0) is 20.9 Å². The molecule has 0 aliphatic carbocycles. The van der Waals surface area contributed by atoms with E-state index in [1.807, 2.05) is 30.3 Å². The van der Waals surface area contributed by atoms with E-state index in [1.54, 1.807) is 0 Å². The maximum atomic E-state index is 12.2. The van der Waals surface area contributed by atoms with Gasteiger partial charge in [0.15, 0.2) is 0 Å². The van der Waals surface area contributed by atoms with Crippen LogP contribution in [0.4, 0.5) is 4.79 Å². The van der Waals surface area contributed by atoms with Gasteiger partial charge in [-0.25, -0.2) is 4.79 Å². The normalized spacial score (nSPS) is 20.8. The monoisotopic (exact) mass is 321 g/mol. The van der Waals surface area contributed by atoms with Crippen LogP contribution in [0.15, 0.2) is 30.3 Å². The summed E-state index contributed by atoms with van der Waals surface area (Å²) >= 11 is 0. The Hall–Kier alpha value is -2.57. The number of piperidine rings is 1. The fourth-order valence-corrected chi connectivity index (χ4v) is 2.71. The summed E-state index contributed by atoms with van der Waals surface area (Å²) in [6.07, 6.45) is -0.470. The molecule has 7 nitrogen and oxygen atoms in total. The van der Waals surface area contributed by atoms with Crippen molar-refractivity contribution in [3.05, 3.63) is 35.9 Å². The van der Waals surface area contributed by atoms with E-state index in [0.29, 0.717) is 6.42 Å². The molecule has 2 rings (SSSR count). The van der Waals surface area contributed by atoms with Gasteiger partial charge >= 0.3 is 18.0 Å².